The number of hydrogen-bond donors (Lipinski definition) is 2. The first-order valence-corrected chi connectivity index (χ1v) is 8.79. The van der Waals surface area contributed by atoms with E-state index in [2.05, 4.69) is 30.7 Å². The van der Waals surface area contributed by atoms with Crippen LogP contribution in [0.1, 0.15) is 0 Å². The van der Waals surface area contributed by atoms with Gasteiger partial charge in [0.05, 0.1) is 11.5 Å². The number of carbonyl (C=O) groups excluding carboxylic acids is 2. The highest BCUT2D eigenvalue weighted by molar-refractivity contribution is 9.10. The van der Waals surface area contributed by atoms with E-state index in [-0.39, 0.29) is 4.90 Å². The Bertz CT molecular complexity index is 650. The van der Waals surface area contributed by atoms with Gasteiger partial charge in [-0.25, -0.2) is 8.42 Å². The molecule has 8 nitrogen and oxygen atoms in total. The van der Waals surface area contributed by atoms with Crippen LogP contribution in [0.3, 0.4) is 0 Å². The minimum absolute atomic E-state index is 0.0111. The molecule has 0 aliphatic heterocycles. The van der Waals surface area contributed by atoms with Crippen molar-refractivity contribution in [1.29, 1.82) is 0 Å². The molecule has 23 heavy (non-hydrogen) atoms. The highest BCUT2D eigenvalue weighted by Crippen LogP contribution is 2.15. The van der Waals surface area contributed by atoms with Crippen molar-refractivity contribution in [3.8, 4) is 0 Å². The summed E-state index contributed by atoms with van der Waals surface area (Å²) in [6, 6.07) is 6.02. The van der Waals surface area contributed by atoms with Gasteiger partial charge >= 0.3 is 5.97 Å². The maximum absolute atomic E-state index is 12.0. The van der Waals surface area contributed by atoms with Gasteiger partial charge in [-0.1, -0.05) is 22.0 Å². The number of amides is 1. The van der Waals surface area contributed by atoms with Gasteiger partial charge in [0.1, 0.15) is 6.54 Å². The van der Waals surface area contributed by atoms with Crippen molar-refractivity contribution in [2.75, 3.05) is 33.4 Å². The van der Waals surface area contributed by atoms with Gasteiger partial charge in [0.15, 0.2) is 6.61 Å². The van der Waals surface area contributed by atoms with E-state index >= 15 is 0 Å². The van der Waals surface area contributed by atoms with Gasteiger partial charge in [-0.3, -0.25) is 9.59 Å². The van der Waals surface area contributed by atoms with Crippen molar-refractivity contribution in [2.45, 2.75) is 4.90 Å². The van der Waals surface area contributed by atoms with Crippen molar-refractivity contribution in [3.63, 3.8) is 0 Å². The fourth-order valence-electron chi connectivity index (χ4n) is 1.41. The molecule has 1 aromatic carbocycles. The summed E-state index contributed by atoms with van der Waals surface area (Å²) in [7, 11) is -2.34. The highest BCUT2D eigenvalue weighted by Gasteiger charge is 2.16. The lowest BCUT2D eigenvalue weighted by molar-refractivity contribution is -0.147. The molecule has 1 rings (SSSR count). The lowest BCUT2D eigenvalue weighted by Crippen LogP contribution is -2.34. The van der Waals surface area contributed by atoms with E-state index in [4.69, 9.17) is 4.74 Å². The molecule has 10 heteroatoms. The third-order valence-electron chi connectivity index (χ3n) is 2.51. The summed E-state index contributed by atoms with van der Waals surface area (Å²) < 4.78 is 36.0. The maximum atomic E-state index is 12.0. The average molecular weight is 409 g/mol. The van der Waals surface area contributed by atoms with Crippen molar-refractivity contribution < 1.29 is 27.5 Å². The molecule has 0 heterocycles. The predicted molar refractivity (Wildman–Crippen MR) is 85.2 cm³/mol. The largest absolute Gasteiger partial charge is 0.455 e. The smallest absolute Gasteiger partial charge is 0.321 e. The number of ether oxygens (including phenoxy) is 2. The average Bonchev–Trinajstić information content (AvgIpc) is 2.51. The molecular weight excluding hydrogens is 392 g/mol. The van der Waals surface area contributed by atoms with E-state index < -0.39 is 35.1 Å². The van der Waals surface area contributed by atoms with Crippen LogP contribution in [0, 0.1) is 0 Å². The molecule has 0 bridgehead atoms. The van der Waals surface area contributed by atoms with Crippen LogP contribution in [0.25, 0.3) is 0 Å². The summed E-state index contributed by atoms with van der Waals surface area (Å²) in [4.78, 5) is 22.8. The number of nitrogens with one attached hydrogen (secondary N) is 2. The SMILES string of the molecule is COCCNC(=O)COC(=O)CNS(=O)(=O)c1cccc(Br)c1. The Labute approximate surface area is 142 Å². The Kier molecular flexibility index (Phi) is 8.17. The minimum Gasteiger partial charge on any atom is -0.455 e. The van der Waals surface area contributed by atoms with E-state index in [0.29, 0.717) is 17.6 Å². The van der Waals surface area contributed by atoms with Crippen molar-refractivity contribution >= 4 is 37.8 Å². The van der Waals surface area contributed by atoms with Crippen LogP contribution in [-0.2, 0) is 29.1 Å². The summed E-state index contributed by atoms with van der Waals surface area (Å²) >= 11 is 3.16. The van der Waals surface area contributed by atoms with E-state index in [0.717, 1.165) is 0 Å². The van der Waals surface area contributed by atoms with Gasteiger partial charge in [0.2, 0.25) is 10.0 Å². The standard InChI is InChI=1S/C13H17BrN2O6S/c1-21-6-5-15-12(17)9-22-13(18)8-16-23(19,20)11-4-2-3-10(14)7-11/h2-4,7,16H,5-6,8-9H2,1H3,(H,15,17). The third-order valence-corrected chi connectivity index (χ3v) is 4.40. The Morgan fingerprint density at radius 2 is 2.04 bits per heavy atom. The monoisotopic (exact) mass is 408 g/mol. The van der Waals surface area contributed by atoms with Crippen molar-refractivity contribution in [2.24, 2.45) is 0 Å². The number of esters is 1. The quantitative estimate of drug-likeness (QED) is 0.440. The first-order chi connectivity index (χ1) is 10.8. The molecule has 0 saturated heterocycles. The predicted octanol–water partition coefficient (Wildman–Crippen LogP) is 0.0332. The van der Waals surface area contributed by atoms with Crippen LogP contribution in [0.4, 0.5) is 0 Å². The molecule has 1 amide bonds. The molecule has 0 fully saturated rings. The zero-order valence-electron chi connectivity index (χ0n) is 12.4. The summed E-state index contributed by atoms with van der Waals surface area (Å²) in [5.41, 5.74) is 0. The molecule has 0 atom stereocenters. The van der Waals surface area contributed by atoms with E-state index in [1.165, 1.54) is 19.2 Å². The highest BCUT2D eigenvalue weighted by atomic mass is 79.9. The van der Waals surface area contributed by atoms with Gasteiger partial charge in [0.25, 0.3) is 5.91 Å². The van der Waals surface area contributed by atoms with Crippen LogP contribution < -0.4 is 10.0 Å². The fourth-order valence-corrected chi connectivity index (χ4v) is 2.98. The molecule has 0 aliphatic carbocycles. The van der Waals surface area contributed by atoms with Crippen LogP contribution in [0.5, 0.6) is 0 Å². The number of rotatable bonds is 9. The number of methoxy groups -OCH3 is 1. The Morgan fingerprint density at radius 1 is 1.30 bits per heavy atom. The van der Waals surface area contributed by atoms with Crippen LogP contribution in [0.2, 0.25) is 0 Å². The molecule has 0 unspecified atom stereocenters. The van der Waals surface area contributed by atoms with Crippen molar-refractivity contribution in [3.05, 3.63) is 28.7 Å². The molecule has 128 valence electrons. The lowest BCUT2D eigenvalue weighted by atomic mass is 10.4. The summed E-state index contributed by atoms with van der Waals surface area (Å²) in [5.74, 6) is -1.35. The van der Waals surface area contributed by atoms with Gasteiger partial charge in [-0.15, -0.1) is 0 Å². The molecular formula is C13H17BrN2O6S. The summed E-state index contributed by atoms with van der Waals surface area (Å²) in [5, 5.41) is 2.46. The first kappa shape index (κ1) is 19.6. The van der Waals surface area contributed by atoms with Gasteiger partial charge in [-0.05, 0) is 18.2 Å². The fraction of sp³-hybridized carbons (Fsp3) is 0.385. The summed E-state index contributed by atoms with van der Waals surface area (Å²) in [6.45, 7) is -0.421. The number of benzene rings is 1. The topological polar surface area (TPSA) is 111 Å². The zero-order valence-corrected chi connectivity index (χ0v) is 14.8. The zero-order chi connectivity index (χ0) is 17.3. The Hall–Kier alpha value is -1.49. The Morgan fingerprint density at radius 3 is 2.70 bits per heavy atom. The molecule has 0 aliphatic rings. The maximum Gasteiger partial charge on any atom is 0.321 e. The molecule has 2 N–H and O–H groups in total. The number of carbonyl (C=O) groups is 2. The molecule has 0 saturated carbocycles. The second-order valence-corrected chi connectivity index (χ2v) is 6.97. The number of halogens is 1. The van der Waals surface area contributed by atoms with Gasteiger partial charge < -0.3 is 14.8 Å². The van der Waals surface area contributed by atoms with E-state index in [1.54, 1.807) is 12.1 Å². The van der Waals surface area contributed by atoms with Crippen molar-refractivity contribution in [1.82, 2.24) is 10.0 Å². The minimum atomic E-state index is -3.83. The third kappa shape index (κ3) is 7.55. The molecule has 0 radical (unpaired) electrons. The molecule has 0 spiro atoms. The van der Waals surface area contributed by atoms with Gasteiger partial charge in [0, 0.05) is 18.1 Å². The number of sulfonamides is 1. The Balaban J connectivity index is 2.39. The second-order valence-electron chi connectivity index (χ2n) is 4.29. The lowest BCUT2D eigenvalue weighted by Gasteiger charge is -2.08. The van der Waals surface area contributed by atoms with E-state index in [1.807, 2.05) is 0 Å². The van der Waals surface area contributed by atoms with Crippen LogP contribution in [0.15, 0.2) is 33.6 Å². The molecule has 1 aromatic rings. The van der Waals surface area contributed by atoms with E-state index in [9.17, 15) is 18.0 Å². The van der Waals surface area contributed by atoms with Gasteiger partial charge in [-0.2, -0.15) is 4.72 Å². The second kappa shape index (κ2) is 9.60. The normalized spacial score (nSPS) is 11.0. The van der Waals surface area contributed by atoms with Crippen LogP contribution >= 0.6 is 15.9 Å². The van der Waals surface area contributed by atoms with Crippen LogP contribution in [-0.4, -0.2) is 53.7 Å². The summed E-state index contributed by atoms with van der Waals surface area (Å²) in [6.07, 6.45) is 0. The first-order valence-electron chi connectivity index (χ1n) is 6.51. The molecule has 0 aromatic heterocycles. The number of hydrogen-bond acceptors (Lipinski definition) is 6.